The van der Waals surface area contributed by atoms with Crippen LogP contribution in [-0.2, 0) is 22.4 Å². The summed E-state index contributed by atoms with van der Waals surface area (Å²) in [6.45, 7) is 12.9. The van der Waals surface area contributed by atoms with Gasteiger partial charge in [0, 0.05) is 39.5 Å². The van der Waals surface area contributed by atoms with Crippen molar-refractivity contribution in [2.24, 2.45) is 0 Å². The molecular weight excluding hydrogens is 432 g/mol. The second-order valence-electron chi connectivity index (χ2n) is 8.46. The van der Waals surface area contributed by atoms with Crippen molar-refractivity contribution in [3.8, 4) is 11.5 Å². The van der Waals surface area contributed by atoms with Gasteiger partial charge in [-0.1, -0.05) is 69.7 Å². The van der Waals surface area contributed by atoms with E-state index >= 15 is 0 Å². The molecule has 0 unspecified atom stereocenters. The average molecular weight is 465 g/mol. The smallest absolute Gasteiger partial charge is 0.338 e. The summed E-state index contributed by atoms with van der Waals surface area (Å²) >= 11 is 1.86. The fraction of sp³-hybridized carbons (Fsp3) is 0.357. The first-order valence-electron chi connectivity index (χ1n) is 11.5. The summed E-state index contributed by atoms with van der Waals surface area (Å²) < 4.78 is 11.7. The number of benzene rings is 2. The van der Waals surface area contributed by atoms with E-state index in [1.807, 2.05) is 36.0 Å². The van der Waals surface area contributed by atoms with Crippen molar-refractivity contribution in [2.75, 3.05) is 5.75 Å². The molecule has 1 aliphatic carbocycles. The highest BCUT2D eigenvalue weighted by Crippen LogP contribution is 2.45. The predicted octanol–water partition coefficient (Wildman–Crippen LogP) is 7.10. The number of fused-ring (bicyclic) bond motifs is 2. The van der Waals surface area contributed by atoms with E-state index in [-0.39, 0.29) is 0 Å². The quantitative estimate of drug-likeness (QED) is 0.162. The van der Waals surface area contributed by atoms with Crippen LogP contribution in [0.3, 0.4) is 0 Å². The molecule has 0 saturated carbocycles. The molecule has 33 heavy (non-hydrogen) atoms. The summed E-state index contributed by atoms with van der Waals surface area (Å²) in [4.78, 5) is 26.2. The molecule has 5 heteroatoms. The Morgan fingerprint density at radius 2 is 1.48 bits per heavy atom. The van der Waals surface area contributed by atoms with Crippen LogP contribution in [0.2, 0.25) is 0 Å². The molecule has 2 aromatic carbocycles. The molecule has 0 aromatic heterocycles. The van der Waals surface area contributed by atoms with E-state index in [0.717, 1.165) is 27.7 Å². The zero-order chi connectivity index (χ0) is 24.0. The molecule has 174 valence electrons. The number of allylic oxidation sites excluding steroid dienone is 2. The first-order chi connectivity index (χ1) is 15.8. The van der Waals surface area contributed by atoms with Crippen LogP contribution in [0.1, 0.15) is 57.6 Å². The van der Waals surface area contributed by atoms with Crippen molar-refractivity contribution in [3.63, 3.8) is 0 Å². The highest BCUT2D eigenvalue weighted by Gasteiger charge is 2.27. The lowest BCUT2D eigenvalue weighted by Gasteiger charge is -2.24. The van der Waals surface area contributed by atoms with Crippen LogP contribution in [-0.4, -0.2) is 17.7 Å². The van der Waals surface area contributed by atoms with Crippen molar-refractivity contribution in [1.82, 2.24) is 0 Å². The molecule has 0 atom stereocenters. The molecule has 0 spiro atoms. The fourth-order valence-corrected chi connectivity index (χ4v) is 4.84. The SMILES string of the molecule is C=C(C)C(=O)Oc1c2c(c(OC(=O)C(=C)C)c3ccccc13)CC(SCCCCCC)=CC2. The van der Waals surface area contributed by atoms with Gasteiger partial charge in [0.15, 0.2) is 0 Å². The summed E-state index contributed by atoms with van der Waals surface area (Å²) in [6.07, 6.45) is 8.33. The lowest BCUT2D eigenvalue weighted by molar-refractivity contribution is -0.131. The Balaban J connectivity index is 2.05. The third-order valence-electron chi connectivity index (χ3n) is 5.59. The minimum absolute atomic E-state index is 0.334. The van der Waals surface area contributed by atoms with E-state index in [0.29, 0.717) is 35.5 Å². The third-order valence-corrected chi connectivity index (χ3v) is 6.76. The fourth-order valence-electron chi connectivity index (χ4n) is 3.78. The number of carbonyl (C=O) groups excluding carboxylic acids is 2. The molecule has 1 aliphatic rings. The molecule has 0 aliphatic heterocycles. The van der Waals surface area contributed by atoms with Gasteiger partial charge >= 0.3 is 11.9 Å². The molecule has 0 fully saturated rings. The van der Waals surface area contributed by atoms with Crippen LogP contribution >= 0.6 is 11.8 Å². The summed E-state index contributed by atoms with van der Waals surface area (Å²) in [7, 11) is 0. The number of hydrogen-bond acceptors (Lipinski definition) is 5. The first kappa shape index (κ1) is 24.8. The van der Waals surface area contributed by atoms with E-state index in [1.165, 1.54) is 30.6 Å². The second-order valence-corrected chi connectivity index (χ2v) is 9.68. The molecular formula is C28H32O4S. The standard InChI is InChI=1S/C28H32O4S/c1-6-7-8-11-16-33-20-14-15-23-24(17-20)26(32-28(30)19(4)5)22-13-10-9-12-21(22)25(23)31-27(29)18(2)3/h9-10,12-14H,2,4,6-8,11,15-17H2,1,3,5H3. The van der Waals surface area contributed by atoms with Crippen LogP contribution < -0.4 is 9.47 Å². The minimum Gasteiger partial charge on any atom is -0.422 e. The number of ether oxygens (including phenoxy) is 2. The number of carbonyl (C=O) groups is 2. The van der Waals surface area contributed by atoms with Gasteiger partial charge in [0.2, 0.25) is 0 Å². The lowest BCUT2D eigenvalue weighted by atomic mass is 9.90. The van der Waals surface area contributed by atoms with Gasteiger partial charge in [0.25, 0.3) is 0 Å². The predicted molar refractivity (Wildman–Crippen MR) is 137 cm³/mol. The molecule has 0 saturated heterocycles. The summed E-state index contributed by atoms with van der Waals surface area (Å²) in [5.74, 6) is 1.19. The minimum atomic E-state index is -0.464. The van der Waals surface area contributed by atoms with Gasteiger partial charge in [0.1, 0.15) is 11.5 Å². The molecule has 0 heterocycles. The number of thioether (sulfide) groups is 1. The van der Waals surface area contributed by atoms with Crippen molar-refractivity contribution in [1.29, 1.82) is 0 Å². The highest BCUT2D eigenvalue weighted by molar-refractivity contribution is 8.03. The maximum atomic E-state index is 12.5. The maximum Gasteiger partial charge on any atom is 0.338 e. The summed E-state index contributed by atoms with van der Waals surface area (Å²) in [5.41, 5.74) is 2.44. The average Bonchev–Trinajstić information content (AvgIpc) is 2.80. The normalized spacial score (nSPS) is 12.6. The Morgan fingerprint density at radius 3 is 2.03 bits per heavy atom. The van der Waals surface area contributed by atoms with Gasteiger partial charge in [-0.3, -0.25) is 0 Å². The van der Waals surface area contributed by atoms with Crippen molar-refractivity contribution >= 4 is 34.5 Å². The third kappa shape index (κ3) is 5.97. The Kier molecular flexibility index (Phi) is 8.56. The van der Waals surface area contributed by atoms with Gasteiger partial charge in [-0.2, -0.15) is 0 Å². The monoisotopic (exact) mass is 464 g/mol. The van der Waals surface area contributed by atoms with E-state index in [9.17, 15) is 9.59 Å². The van der Waals surface area contributed by atoms with E-state index in [1.54, 1.807) is 13.8 Å². The highest BCUT2D eigenvalue weighted by atomic mass is 32.2. The second kappa shape index (κ2) is 11.4. The number of hydrogen-bond donors (Lipinski definition) is 0. The van der Waals surface area contributed by atoms with Crippen molar-refractivity contribution < 1.29 is 19.1 Å². The zero-order valence-corrected chi connectivity index (χ0v) is 20.6. The van der Waals surface area contributed by atoms with Gasteiger partial charge < -0.3 is 9.47 Å². The van der Waals surface area contributed by atoms with Crippen LogP contribution in [0.5, 0.6) is 11.5 Å². The van der Waals surface area contributed by atoms with E-state index in [4.69, 9.17) is 9.47 Å². The lowest BCUT2D eigenvalue weighted by Crippen LogP contribution is -2.16. The van der Waals surface area contributed by atoms with Crippen LogP contribution in [0.4, 0.5) is 0 Å². The molecule has 0 amide bonds. The van der Waals surface area contributed by atoms with Crippen molar-refractivity contribution in [2.45, 2.75) is 59.3 Å². The van der Waals surface area contributed by atoms with Gasteiger partial charge in [-0.05, 0) is 37.3 Å². The Hall–Kier alpha value is -2.79. The molecule has 0 N–H and O–H groups in total. The number of esters is 2. The van der Waals surface area contributed by atoms with Crippen molar-refractivity contribution in [3.05, 3.63) is 70.7 Å². The van der Waals surface area contributed by atoms with Gasteiger partial charge in [-0.15, -0.1) is 11.8 Å². The summed E-state index contributed by atoms with van der Waals surface area (Å²) in [6, 6.07) is 7.55. The van der Waals surface area contributed by atoms with Crippen LogP contribution in [0.15, 0.2) is 59.6 Å². The van der Waals surface area contributed by atoms with E-state index in [2.05, 4.69) is 26.2 Å². The Labute approximate surface area is 200 Å². The molecule has 0 radical (unpaired) electrons. The van der Waals surface area contributed by atoms with Gasteiger partial charge in [0.05, 0.1) is 0 Å². The maximum absolute atomic E-state index is 12.5. The van der Waals surface area contributed by atoms with Gasteiger partial charge in [-0.25, -0.2) is 9.59 Å². The van der Waals surface area contributed by atoms with E-state index < -0.39 is 11.9 Å². The molecule has 3 rings (SSSR count). The molecule has 0 bridgehead atoms. The molecule has 2 aromatic rings. The number of rotatable bonds is 10. The zero-order valence-electron chi connectivity index (χ0n) is 19.8. The van der Waals surface area contributed by atoms with Crippen LogP contribution in [0, 0.1) is 0 Å². The van der Waals surface area contributed by atoms with Crippen LogP contribution in [0.25, 0.3) is 10.8 Å². The largest absolute Gasteiger partial charge is 0.422 e. The number of unbranched alkanes of at least 4 members (excludes halogenated alkanes) is 3. The Bertz CT molecular complexity index is 1130. The Morgan fingerprint density at radius 1 is 0.909 bits per heavy atom. The first-order valence-corrected chi connectivity index (χ1v) is 12.5. The summed E-state index contributed by atoms with van der Waals surface area (Å²) in [5, 5.41) is 1.48. The topological polar surface area (TPSA) is 52.6 Å². The molecule has 4 nitrogen and oxygen atoms in total.